The normalized spacial score (nSPS) is 20.8. The number of carbonyl (C=O) groups is 1. The van der Waals surface area contributed by atoms with Crippen molar-refractivity contribution >= 4 is 5.91 Å². The van der Waals surface area contributed by atoms with Crippen molar-refractivity contribution in [3.8, 4) is 5.75 Å². The van der Waals surface area contributed by atoms with E-state index < -0.39 is 0 Å². The van der Waals surface area contributed by atoms with Crippen LogP contribution in [-0.2, 0) is 4.79 Å². The third kappa shape index (κ3) is 4.47. The van der Waals surface area contributed by atoms with Crippen LogP contribution in [0, 0.1) is 11.3 Å². The first kappa shape index (κ1) is 16.8. The highest BCUT2D eigenvalue weighted by Gasteiger charge is 2.44. The van der Waals surface area contributed by atoms with Crippen molar-refractivity contribution in [2.24, 2.45) is 11.3 Å². The highest BCUT2D eigenvalue weighted by Crippen LogP contribution is 2.47. The molecule has 0 radical (unpaired) electrons. The van der Waals surface area contributed by atoms with E-state index in [0.29, 0.717) is 5.92 Å². The molecule has 1 N–H and O–H groups in total. The second-order valence-corrected chi connectivity index (χ2v) is 7.34. The third-order valence-corrected chi connectivity index (χ3v) is 4.16. The average molecular weight is 304 g/mol. The minimum Gasteiger partial charge on any atom is -0.497 e. The lowest BCUT2D eigenvalue weighted by atomic mass is 9.93. The fraction of sp³-hybridized carbons (Fsp3) is 0.611. The third-order valence-electron chi connectivity index (χ3n) is 4.16. The standard InChI is InChI=1S/C18H28N2O2/c1-18(2,12-20(3)4)11-19-17(21)16-10-15(16)13-6-8-14(22-5)9-7-13/h6-9,15-16H,10-12H2,1-5H3,(H,19,21)/t15-,16-/m1/s1. The van der Waals surface area contributed by atoms with Gasteiger partial charge in [0.15, 0.2) is 0 Å². The zero-order valence-corrected chi connectivity index (χ0v) is 14.3. The summed E-state index contributed by atoms with van der Waals surface area (Å²) in [5.41, 5.74) is 1.32. The molecule has 2 rings (SSSR count). The number of rotatable bonds is 7. The first-order valence-electron chi connectivity index (χ1n) is 7.89. The molecule has 4 heteroatoms. The van der Waals surface area contributed by atoms with Crippen LogP contribution >= 0.6 is 0 Å². The number of ether oxygens (including phenoxy) is 1. The molecule has 1 fully saturated rings. The van der Waals surface area contributed by atoms with E-state index in [9.17, 15) is 4.79 Å². The van der Waals surface area contributed by atoms with Gasteiger partial charge in [0.25, 0.3) is 0 Å². The van der Waals surface area contributed by atoms with Crippen molar-refractivity contribution in [3.05, 3.63) is 29.8 Å². The molecule has 1 aromatic carbocycles. The molecule has 1 aromatic rings. The zero-order valence-electron chi connectivity index (χ0n) is 14.3. The smallest absolute Gasteiger partial charge is 0.223 e. The second kappa shape index (κ2) is 6.69. The summed E-state index contributed by atoms with van der Waals surface area (Å²) in [5, 5.41) is 3.12. The molecule has 122 valence electrons. The van der Waals surface area contributed by atoms with Gasteiger partial charge in [-0.15, -0.1) is 0 Å². The molecule has 0 aliphatic heterocycles. The molecule has 0 heterocycles. The van der Waals surface area contributed by atoms with Gasteiger partial charge in [-0.1, -0.05) is 26.0 Å². The monoisotopic (exact) mass is 304 g/mol. The van der Waals surface area contributed by atoms with Crippen LogP contribution in [0.25, 0.3) is 0 Å². The Kier molecular flexibility index (Phi) is 5.12. The van der Waals surface area contributed by atoms with Gasteiger partial charge in [0, 0.05) is 19.0 Å². The van der Waals surface area contributed by atoms with Crippen LogP contribution in [0.5, 0.6) is 5.75 Å². The Balaban J connectivity index is 1.82. The van der Waals surface area contributed by atoms with Crippen molar-refractivity contribution in [1.82, 2.24) is 10.2 Å². The molecule has 4 nitrogen and oxygen atoms in total. The molecule has 22 heavy (non-hydrogen) atoms. The molecule has 1 amide bonds. The minimum absolute atomic E-state index is 0.0870. The van der Waals surface area contributed by atoms with Crippen LogP contribution in [0.4, 0.5) is 0 Å². The van der Waals surface area contributed by atoms with Crippen LogP contribution < -0.4 is 10.1 Å². The quantitative estimate of drug-likeness (QED) is 0.841. The predicted molar refractivity (Wildman–Crippen MR) is 89.2 cm³/mol. The Morgan fingerprint density at radius 2 is 1.95 bits per heavy atom. The maximum Gasteiger partial charge on any atom is 0.223 e. The number of nitrogens with one attached hydrogen (secondary N) is 1. The Labute approximate surface area is 133 Å². The van der Waals surface area contributed by atoms with Crippen LogP contribution in [-0.4, -0.2) is 45.1 Å². The Morgan fingerprint density at radius 3 is 2.50 bits per heavy atom. The summed E-state index contributed by atoms with van der Waals surface area (Å²) in [6.07, 6.45) is 0.951. The molecule has 0 spiro atoms. The summed E-state index contributed by atoms with van der Waals surface area (Å²) < 4.78 is 5.17. The van der Waals surface area contributed by atoms with Gasteiger partial charge < -0.3 is 15.0 Å². The average Bonchev–Trinajstić information content (AvgIpc) is 3.24. The van der Waals surface area contributed by atoms with Gasteiger partial charge >= 0.3 is 0 Å². The van der Waals surface area contributed by atoms with Gasteiger partial charge in [0.05, 0.1) is 7.11 Å². The van der Waals surface area contributed by atoms with Gasteiger partial charge in [-0.2, -0.15) is 0 Å². The molecule has 0 bridgehead atoms. The Morgan fingerprint density at radius 1 is 1.32 bits per heavy atom. The Hall–Kier alpha value is -1.55. The van der Waals surface area contributed by atoms with Gasteiger partial charge in [-0.05, 0) is 49.5 Å². The molecule has 0 unspecified atom stereocenters. The van der Waals surface area contributed by atoms with Gasteiger partial charge in [-0.25, -0.2) is 0 Å². The summed E-state index contributed by atoms with van der Waals surface area (Å²) in [5.74, 6) is 1.54. The minimum atomic E-state index is 0.0870. The van der Waals surface area contributed by atoms with Crippen LogP contribution in [0.1, 0.15) is 31.7 Å². The first-order chi connectivity index (χ1) is 10.3. The van der Waals surface area contributed by atoms with Crippen LogP contribution in [0.3, 0.4) is 0 Å². The van der Waals surface area contributed by atoms with E-state index in [1.807, 2.05) is 12.1 Å². The lowest BCUT2D eigenvalue weighted by Gasteiger charge is -2.28. The zero-order chi connectivity index (χ0) is 16.3. The Bertz CT molecular complexity index is 508. The number of hydrogen-bond donors (Lipinski definition) is 1. The van der Waals surface area contributed by atoms with E-state index in [2.05, 4.69) is 50.3 Å². The molecule has 1 aliphatic carbocycles. The predicted octanol–water partition coefficient (Wildman–Crippen LogP) is 2.50. The fourth-order valence-electron chi connectivity index (χ4n) is 3.07. The van der Waals surface area contributed by atoms with E-state index in [1.165, 1.54) is 5.56 Å². The molecular formula is C18H28N2O2. The van der Waals surface area contributed by atoms with Gasteiger partial charge in [-0.3, -0.25) is 4.79 Å². The molecule has 1 saturated carbocycles. The second-order valence-electron chi connectivity index (χ2n) is 7.34. The molecular weight excluding hydrogens is 276 g/mol. The topological polar surface area (TPSA) is 41.6 Å². The summed E-state index contributed by atoms with van der Waals surface area (Å²) in [4.78, 5) is 14.5. The molecule has 0 aromatic heterocycles. The molecule has 1 aliphatic rings. The highest BCUT2D eigenvalue weighted by molar-refractivity contribution is 5.82. The fourth-order valence-corrected chi connectivity index (χ4v) is 3.07. The maximum absolute atomic E-state index is 12.3. The maximum atomic E-state index is 12.3. The SMILES string of the molecule is COc1ccc([C@H]2C[C@H]2C(=O)NCC(C)(C)CN(C)C)cc1. The number of methoxy groups -OCH3 is 1. The van der Waals surface area contributed by atoms with Gasteiger partial charge in [0.2, 0.25) is 5.91 Å². The summed E-state index contributed by atoms with van der Waals surface area (Å²) in [6.45, 7) is 6.04. The largest absolute Gasteiger partial charge is 0.497 e. The van der Waals surface area contributed by atoms with Crippen LogP contribution in [0.15, 0.2) is 24.3 Å². The van der Waals surface area contributed by atoms with Gasteiger partial charge in [0.1, 0.15) is 5.75 Å². The summed E-state index contributed by atoms with van der Waals surface area (Å²) >= 11 is 0. The van der Waals surface area contributed by atoms with E-state index in [-0.39, 0.29) is 17.2 Å². The van der Waals surface area contributed by atoms with E-state index in [4.69, 9.17) is 4.74 Å². The van der Waals surface area contributed by atoms with Crippen molar-refractivity contribution < 1.29 is 9.53 Å². The van der Waals surface area contributed by atoms with E-state index in [1.54, 1.807) is 7.11 Å². The van der Waals surface area contributed by atoms with E-state index in [0.717, 1.165) is 25.3 Å². The summed E-state index contributed by atoms with van der Waals surface area (Å²) in [7, 11) is 5.78. The molecule has 2 atom stereocenters. The lowest BCUT2D eigenvalue weighted by Crippen LogP contribution is -2.40. The van der Waals surface area contributed by atoms with Crippen molar-refractivity contribution in [2.45, 2.75) is 26.2 Å². The number of carbonyl (C=O) groups excluding carboxylic acids is 1. The van der Waals surface area contributed by atoms with E-state index >= 15 is 0 Å². The van der Waals surface area contributed by atoms with Crippen LogP contribution in [0.2, 0.25) is 0 Å². The van der Waals surface area contributed by atoms with Crippen molar-refractivity contribution in [1.29, 1.82) is 0 Å². The number of nitrogens with zero attached hydrogens (tertiary/aromatic N) is 1. The number of hydrogen-bond acceptors (Lipinski definition) is 3. The number of benzene rings is 1. The first-order valence-corrected chi connectivity index (χ1v) is 7.89. The molecule has 0 saturated heterocycles. The lowest BCUT2D eigenvalue weighted by molar-refractivity contribution is -0.122. The van der Waals surface area contributed by atoms with Crippen molar-refractivity contribution in [2.75, 3.05) is 34.3 Å². The highest BCUT2D eigenvalue weighted by atomic mass is 16.5. The number of amides is 1. The summed E-state index contributed by atoms with van der Waals surface area (Å²) in [6, 6.07) is 8.05. The van der Waals surface area contributed by atoms with Crippen molar-refractivity contribution in [3.63, 3.8) is 0 Å².